The normalized spacial score (nSPS) is 14.6. The number of halogens is 2. The minimum Gasteiger partial charge on any atom is -0.506 e. The van der Waals surface area contributed by atoms with E-state index in [0.717, 1.165) is 36.7 Å². The molecule has 198 valence electrons. The van der Waals surface area contributed by atoms with Crippen molar-refractivity contribution in [2.45, 2.75) is 56.0 Å². The minimum atomic E-state index is -4.12. The highest BCUT2D eigenvalue weighted by molar-refractivity contribution is 7.89. The molecule has 0 atom stereocenters. The summed E-state index contributed by atoms with van der Waals surface area (Å²) in [7, 11) is -4.12. The molecule has 1 saturated carbocycles. The predicted molar refractivity (Wildman–Crippen MR) is 141 cm³/mol. The van der Waals surface area contributed by atoms with Gasteiger partial charge in [-0.3, -0.25) is 9.78 Å². The van der Waals surface area contributed by atoms with Crippen molar-refractivity contribution in [1.82, 2.24) is 20.3 Å². The van der Waals surface area contributed by atoms with E-state index in [4.69, 9.17) is 11.6 Å². The molecular weight excluding hydrogens is 519 g/mol. The molecule has 1 fully saturated rings. The monoisotopic (exact) mass is 548 g/mol. The zero-order chi connectivity index (χ0) is 26.4. The zero-order valence-electron chi connectivity index (χ0n) is 20.3. The quantitative estimate of drug-likeness (QED) is 0.281. The van der Waals surface area contributed by atoms with Crippen LogP contribution >= 0.6 is 11.6 Å². The lowest BCUT2D eigenvalue weighted by Crippen LogP contribution is -2.34. The van der Waals surface area contributed by atoms with E-state index in [2.05, 4.69) is 20.3 Å². The molecule has 1 aromatic heterocycles. The van der Waals surface area contributed by atoms with Gasteiger partial charge in [-0.2, -0.15) is 0 Å². The second kappa shape index (κ2) is 12.2. The molecular formula is C26H30ClFN4O4S. The molecule has 11 heteroatoms. The third kappa shape index (κ3) is 6.95. The number of hydrogen-bond donors (Lipinski definition) is 4. The van der Waals surface area contributed by atoms with Crippen molar-refractivity contribution in [2.75, 3.05) is 13.1 Å². The van der Waals surface area contributed by atoms with E-state index in [0.29, 0.717) is 24.0 Å². The number of hydrogen-bond acceptors (Lipinski definition) is 6. The molecule has 0 spiro atoms. The second-order valence-electron chi connectivity index (χ2n) is 9.17. The maximum absolute atomic E-state index is 14.4. The number of sulfonamides is 1. The van der Waals surface area contributed by atoms with Gasteiger partial charge in [0.05, 0.1) is 5.52 Å². The molecule has 37 heavy (non-hydrogen) atoms. The van der Waals surface area contributed by atoms with Gasteiger partial charge in [0.1, 0.15) is 22.0 Å². The summed E-state index contributed by atoms with van der Waals surface area (Å²) in [5, 5.41) is 17.2. The maximum Gasteiger partial charge on any atom is 0.256 e. The number of fused-ring (bicyclic) bond motifs is 1. The molecule has 1 amide bonds. The number of aromatic nitrogens is 1. The van der Waals surface area contributed by atoms with Crippen LogP contribution in [0.1, 0.15) is 54.4 Å². The Balaban J connectivity index is 1.45. The molecule has 1 aliphatic carbocycles. The van der Waals surface area contributed by atoms with E-state index in [1.165, 1.54) is 19.3 Å². The van der Waals surface area contributed by atoms with E-state index in [1.807, 2.05) is 0 Å². The summed E-state index contributed by atoms with van der Waals surface area (Å²) in [4.78, 5) is 16.4. The first-order valence-corrected chi connectivity index (χ1v) is 14.2. The highest BCUT2D eigenvalue weighted by Crippen LogP contribution is 2.32. The van der Waals surface area contributed by atoms with Gasteiger partial charge in [0.2, 0.25) is 10.0 Å². The van der Waals surface area contributed by atoms with Crippen molar-refractivity contribution in [3.8, 4) is 5.75 Å². The third-order valence-corrected chi connectivity index (χ3v) is 8.18. The summed E-state index contributed by atoms with van der Waals surface area (Å²) in [6.07, 6.45) is 7.61. The van der Waals surface area contributed by atoms with Crippen LogP contribution in [0.4, 0.5) is 4.39 Å². The van der Waals surface area contributed by atoms with Gasteiger partial charge in [-0.05, 0) is 55.6 Å². The fraction of sp³-hybridized carbons (Fsp3) is 0.385. The molecule has 0 unspecified atom stereocenters. The molecule has 1 heterocycles. The first-order valence-electron chi connectivity index (χ1n) is 12.3. The molecule has 3 aromatic rings. The summed E-state index contributed by atoms with van der Waals surface area (Å²) >= 11 is 5.87. The Bertz CT molecular complexity index is 1360. The summed E-state index contributed by atoms with van der Waals surface area (Å²) in [6, 6.07) is 9.15. The lowest BCUT2D eigenvalue weighted by Gasteiger charge is -2.22. The highest BCUT2D eigenvalue weighted by Gasteiger charge is 2.24. The maximum atomic E-state index is 14.4. The first-order chi connectivity index (χ1) is 17.7. The average molecular weight is 549 g/mol. The number of aromatic hydroxyl groups is 1. The summed E-state index contributed by atoms with van der Waals surface area (Å²) in [5.74, 6) is -2.06. The fourth-order valence-electron chi connectivity index (χ4n) is 4.46. The summed E-state index contributed by atoms with van der Waals surface area (Å²) < 4.78 is 42.9. The van der Waals surface area contributed by atoms with E-state index < -0.39 is 32.4 Å². The average Bonchev–Trinajstić information content (AvgIpc) is 2.88. The number of rotatable bonds is 10. The van der Waals surface area contributed by atoms with Crippen LogP contribution in [0, 0.1) is 5.82 Å². The number of carbonyl (C=O) groups excluding carboxylic acids is 1. The highest BCUT2D eigenvalue weighted by atomic mass is 35.5. The van der Waals surface area contributed by atoms with Crippen molar-refractivity contribution in [3.63, 3.8) is 0 Å². The standard InChI is InChI=1S/C26H30ClFN4O4S/c27-18-9-7-17(8-10-18)15-31-26(34)22-16-30-24-21(25(22)33)13-19(28)14-23(24)37(35,36)32-12-4-11-29-20-5-2-1-3-6-20/h7-10,13-14,16,20,29,32H,1-6,11-12,15H2,(H,30,33)(H,31,34). The van der Waals surface area contributed by atoms with E-state index in [1.54, 1.807) is 24.3 Å². The fourth-order valence-corrected chi connectivity index (χ4v) is 5.84. The molecule has 0 saturated heterocycles. The van der Waals surface area contributed by atoms with E-state index in [9.17, 15) is 22.7 Å². The van der Waals surface area contributed by atoms with Crippen molar-refractivity contribution in [2.24, 2.45) is 0 Å². The zero-order valence-corrected chi connectivity index (χ0v) is 21.8. The Labute approximate surface area is 220 Å². The Morgan fingerprint density at radius 1 is 1.11 bits per heavy atom. The largest absolute Gasteiger partial charge is 0.506 e. The molecule has 4 N–H and O–H groups in total. The molecule has 2 aromatic carbocycles. The van der Waals surface area contributed by atoms with Gasteiger partial charge in [-0.15, -0.1) is 0 Å². The number of pyridine rings is 1. The van der Waals surface area contributed by atoms with Crippen molar-refractivity contribution in [1.29, 1.82) is 0 Å². The molecule has 4 rings (SSSR count). The molecule has 0 radical (unpaired) electrons. The van der Waals surface area contributed by atoms with Crippen molar-refractivity contribution < 1.29 is 22.7 Å². The Hall–Kier alpha value is -2.79. The van der Waals surface area contributed by atoms with Gasteiger partial charge in [0, 0.05) is 35.7 Å². The molecule has 1 aliphatic rings. The molecule has 0 aliphatic heterocycles. The van der Waals surface area contributed by atoms with Crippen LogP contribution < -0.4 is 15.4 Å². The number of nitrogens with one attached hydrogen (secondary N) is 3. The number of benzene rings is 2. The van der Waals surface area contributed by atoms with Gasteiger partial charge >= 0.3 is 0 Å². The van der Waals surface area contributed by atoms with Gasteiger partial charge in [0.25, 0.3) is 5.91 Å². The van der Waals surface area contributed by atoms with Crippen molar-refractivity contribution >= 4 is 38.4 Å². The van der Waals surface area contributed by atoms with Crippen LogP contribution in [0.25, 0.3) is 10.9 Å². The smallest absolute Gasteiger partial charge is 0.256 e. The topological polar surface area (TPSA) is 120 Å². The van der Waals surface area contributed by atoms with Crippen LogP contribution in [0.15, 0.2) is 47.5 Å². The van der Waals surface area contributed by atoms with Gasteiger partial charge < -0.3 is 15.7 Å². The van der Waals surface area contributed by atoms with Crippen LogP contribution in [0.2, 0.25) is 5.02 Å². The third-order valence-electron chi connectivity index (χ3n) is 6.46. The molecule has 0 bridgehead atoms. The van der Waals surface area contributed by atoms with Gasteiger partial charge in [-0.25, -0.2) is 17.5 Å². The summed E-state index contributed by atoms with van der Waals surface area (Å²) in [6.45, 7) is 0.998. The number of amides is 1. The number of nitrogens with zero attached hydrogens (tertiary/aromatic N) is 1. The SMILES string of the molecule is O=C(NCc1ccc(Cl)cc1)c1cnc2c(S(=O)(=O)NCCCNC3CCCCC3)cc(F)cc2c1O. The molecule has 8 nitrogen and oxygen atoms in total. The van der Waals surface area contributed by atoms with Crippen LogP contribution in [0.5, 0.6) is 5.75 Å². The van der Waals surface area contributed by atoms with Crippen LogP contribution in [-0.4, -0.2) is 43.5 Å². The lowest BCUT2D eigenvalue weighted by molar-refractivity contribution is 0.0948. The second-order valence-corrected chi connectivity index (χ2v) is 11.3. The predicted octanol–water partition coefficient (Wildman–Crippen LogP) is 4.25. The first kappa shape index (κ1) is 27.3. The summed E-state index contributed by atoms with van der Waals surface area (Å²) in [5.41, 5.74) is 0.462. The van der Waals surface area contributed by atoms with E-state index in [-0.39, 0.29) is 29.6 Å². The van der Waals surface area contributed by atoms with E-state index >= 15 is 0 Å². The van der Waals surface area contributed by atoms with Gasteiger partial charge in [-0.1, -0.05) is 43.0 Å². The Morgan fingerprint density at radius 2 is 1.84 bits per heavy atom. The van der Waals surface area contributed by atoms with Crippen LogP contribution in [-0.2, 0) is 16.6 Å². The number of carbonyl (C=O) groups is 1. The Kier molecular flexibility index (Phi) is 8.96. The van der Waals surface area contributed by atoms with Crippen molar-refractivity contribution in [3.05, 3.63) is 64.6 Å². The van der Waals surface area contributed by atoms with Gasteiger partial charge in [0.15, 0.2) is 0 Å². The minimum absolute atomic E-state index is 0.124. The van der Waals surface area contributed by atoms with Crippen LogP contribution in [0.3, 0.4) is 0 Å². The Morgan fingerprint density at radius 3 is 2.57 bits per heavy atom. The lowest BCUT2D eigenvalue weighted by atomic mass is 9.95.